The van der Waals surface area contributed by atoms with Crippen LogP contribution in [0.3, 0.4) is 0 Å². The number of benzene rings is 1. The number of thioether (sulfide) groups is 1. The molecule has 1 heterocycles. The van der Waals surface area contributed by atoms with Gasteiger partial charge in [0.1, 0.15) is 0 Å². The van der Waals surface area contributed by atoms with E-state index in [-0.39, 0.29) is 11.0 Å². The van der Waals surface area contributed by atoms with E-state index in [0.717, 1.165) is 4.90 Å². The Labute approximate surface area is 96.8 Å². The molecule has 0 fully saturated rings. The summed E-state index contributed by atoms with van der Waals surface area (Å²) in [7, 11) is 0. The van der Waals surface area contributed by atoms with Crippen molar-refractivity contribution < 1.29 is 4.79 Å². The molecule has 1 aliphatic rings. The van der Waals surface area contributed by atoms with Crippen molar-refractivity contribution in [2.45, 2.75) is 23.5 Å². The third kappa shape index (κ3) is 1.67. The molecule has 1 aliphatic heterocycles. The maximum atomic E-state index is 11.7. The van der Waals surface area contributed by atoms with Gasteiger partial charge in [-0.05, 0) is 12.1 Å². The molecule has 0 aliphatic carbocycles. The van der Waals surface area contributed by atoms with Gasteiger partial charge in [-0.1, -0.05) is 30.1 Å². The van der Waals surface area contributed by atoms with E-state index in [2.05, 4.69) is 0 Å². The number of Topliss-reactive ketones (excluding diaryl/α,β-unsaturated/α-hetero) is 1. The van der Waals surface area contributed by atoms with Gasteiger partial charge < -0.3 is 0 Å². The van der Waals surface area contributed by atoms with Crippen molar-refractivity contribution in [3.8, 4) is 0 Å². The molecule has 0 bridgehead atoms. The van der Waals surface area contributed by atoms with E-state index in [1.165, 1.54) is 0 Å². The average molecular weight is 247 g/mol. The molecular weight excluding hydrogens is 239 g/mol. The third-order valence-electron chi connectivity index (χ3n) is 2.13. The monoisotopic (exact) mass is 246 g/mol. The van der Waals surface area contributed by atoms with E-state index in [1.54, 1.807) is 23.9 Å². The molecule has 1 nitrogen and oxygen atoms in total. The Morgan fingerprint density at radius 1 is 1.36 bits per heavy atom. The van der Waals surface area contributed by atoms with Gasteiger partial charge in [0.05, 0.1) is 15.6 Å². The summed E-state index contributed by atoms with van der Waals surface area (Å²) in [5.74, 6) is 0.0961. The van der Waals surface area contributed by atoms with Gasteiger partial charge in [0.15, 0.2) is 5.78 Å². The van der Waals surface area contributed by atoms with Crippen LogP contribution in [-0.2, 0) is 0 Å². The summed E-state index contributed by atoms with van der Waals surface area (Å²) in [6, 6.07) is 3.41. The van der Waals surface area contributed by atoms with Gasteiger partial charge >= 0.3 is 0 Å². The van der Waals surface area contributed by atoms with Crippen molar-refractivity contribution in [2.24, 2.45) is 0 Å². The maximum absolute atomic E-state index is 11.7. The first-order chi connectivity index (χ1) is 6.59. The number of fused-ring (bicyclic) bond motifs is 1. The average Bonchev–Trinajstić information content (AvgIpc) is 2.10. The zero-order chi connectivity index (χ0) is 10.3. The molecule has 0 amide bonds. The molecule has 0 saturated carbocycles. The lowest BCUT2D eigenvalue weighted by Crippen LogP contribution is -2.15. The van der Waals surface area contributed by atoms with Crippen molar-refractivity contribution >= 4 is 40.7 Å². The fourth-order valence-corrected chi connectivity index (χ4v) is 3.28. The van der Waals surface area contributed by atoms with E-state index in [4.69, 9.17) is 23.2 Å². The van der Waals surface area contributed by atoms with Crippen molar-refractivity contribution in [2.75, 3.05) is 0 Å². The highest BCUT2D eigenvalue weighted by molar-refractivity contribution is 8.00. The highest BCUT2D eigenvalue weighted by atomic mass is 35.5. The van der Waals surface area contributed by atoms with Gasteiger partial charge in [-0.3, -0.25) is 4.79 Å². The van der Waals surface area contributed by atoms with Gasteiger partial charge in [-0.15, -0.1) is 11.8 Å². The molecule has 14 heavy (non-hydrogen) atoms. The van der Waals surface area contributed by atoms with Crippen LogP contribution in [0.15, 0.2) is 17.0 Å². The van der Waals surface area contributed by atoms with Crippen molar-refractivity contribution in [3.05, 3.63) is 27.7 Å². The van der Waals surface area contributed by atoms with Crippen LogP contribution in [0.5, 0.6) is 0 Å². The minimum Gasteiger partial charge on any atom is -0.294 e. The second-order valence-corrected chi connectivity index (χ2v) is 5.55. The van der Waals surface area contributed by atoms with Crippen LogP contribution in [0.1, 0.15) is 23.7 Å². The minimum absolute atomic E-state index is 0.0961. The zero-order valence-corrected chi connectivity index (χ0v) is 9.84. The second-order valence-electron chi connectivity index (χ2n) is 3.29. The number of ketones is 1. The van der Waals surface area contributed by atoms with Crippen molar-refractivity contribution in [3.63, 3.8) is 0 Å². The topological polar surface area (TPSA) is 17.1 Å². The maximum Gasteiger partial charge on any atom is 0.166 e. The molecule has 0 saturated heterocycles. The van der Waals surface area contributed by atoms with Crippen LogP contribution in [0.25, 0.3) is 0 Å². The number of carbonyl (C=O) groups is 1. The molecule has 0 N–H and O–H groups in total. The Hall–Kier alpha value is -0.180. The Morgan fingerprint density at radius 3 is 2.71 bits per heavy atom. The third-order valence-corrected chi connectivity index (χ3v) is 4.10. The first kappa shape index (κ1) is 10.3. The molecular formula is C10H8Cl2OS. The zero-order valence-electron chi connectivity index (χ0n) is 7.51. The molecule has 1 aromatic rings. The van der Waals surface area contributed by atoms with Crippen LogP contribution >= 0.6 is 35.0 Å². The van der Waals surface area contributed by atoms with Crippen LogP contribution in [0, 0.1) is 0 Å². The summed E-state index contributed by atoms with van der Waals surface area (Å²) in [5, 5.41) is 1.41. The molecule has 0 spiro atoms. The van der Waals surface area contributed by atoms with Gasteiger partial charge in [-0.2, -0.15) is 0 Å². The highest BCUT2D eigenvalue weighted by Gasteiger charge is 2.26. The largest absolute Gasteiger partial charge is 0.294 e. The predicted octanol–water partition coefficient (Wildman–Crippen LogP) is 4.06. The van der Waals surface area contributed by atoms with Gasteiger partial charge in [-0.25, -0.2) is 0 Å². The first-order valence-electron chi connectivity index (χ1n) is 4.27. The lowest BCUT2D eigenvalue weighted by atomic mass is 10.1. The van der Waals surface area contributed by atoms with Gasteiger partial charge in [0.2, 0.25) is 0 Å². The molecule has 0 radical (unpaired) electrons. The first-order valence-corrected chi connectivity index (χ1v) is 5.91. The van der Waals surface area contributed by atoms with Crippen LogP contribution < -0.4 is 0 Å². The van der Waals surface area contributed by atoms with E-state index in [9.17, 15) is 4.79 Å². The minimum atomic E-state index is 0.0961. The number of halogens is 2. The summed E-state index contributed by atoms with van der Waals surface area (Å²) < 4.78 is 0. The summed E-state index contributed by atoms with van der Waals surface area (Å²) >= 11 is 13.6. The molecule has 1 aromatic carbocycles. The summed E-state index contributed by atoms with van der Waals surface area (Å²) in [5.41, 5.74) is 0.599. The van der Waals surface area contributed by atoms with Crippen molar-refractivity contribution in [1.29, 1.82) is 0 Å². The number of carbonyl (C=O) groups excluding carboxylic acids is 1. The van der Waals surface area contributed by atoms with Gasteiger partial charge in [0, 0.05) is 16.6 Å². The van der Waals surface area contributed by atoms with Crippen LogP contribution in [-0.4, -0.2) is 11.0 Å². The number of hydrogen-bond donors (Lipinski definition) is 0. The fourth-order valence-electron chi connectivity index (χ4n) is 1.51. The smallest absolute Gasteiger partial charge is 0.166 e. The molecule has 4 heteroatoms. The highest BCUT2D eigenvalue weighted by Crippen LogP contribution is 2.42. The van der Waals surface area contributed by atoms with E-state index in [1.807, 2.05) is 6.92 Å². The van der Waals surface area contributed by atoms with E-state index < -0.39 is 0 Å². The Morgan fingerprint density at radius 2 is 2.00 bits per heavy atom. The quantitative estimate of drug-likeness (QED) is 0.687. The molecule has 1 unspecified atom stereocenters. The summed E-state index contributed by atoms with van der Waals surface area (Å²) in [6.45, 7) is 2.02. The predicted molar refractivity (Wildman–Crippen MR) is 60.7 cm³/mol. The Bertz CT molecular complexity index is 403. The van der Waals surface area contributed by atoms with E-state index in [0.29, 0.717) is 22.0 Å². The molecule has 1 atom stereocenters. The Kier molecular flexibility index (Phi) is 2.78. The van der Waals surface area contributed by atoms with Crippen molar-refractivity contribution in [1.82, 2.24) is 0 Å². The number of hydrogen-bond acceptors (Lipinski definition) is 2. The molecule has 2 rings (SSSR count). The SMILES string of the molecule is CC1CC(=O)c2c(Cl)ccc(Cl)c2S1. The number of rotatable bonds is 0. The standard InChI is InChI=1S/C10H8Cl2OS/c1-5-4-8(13)9-6(11)2-3-7(12)10(9)14-5/h2-3,5H,4H2,1H3. The lowest BCUT2D eigenvalue weighted by Gasteiger charge is -2.21. The Balaban J connectivity index is 2.63. The van der Waals surface area contributed by atoms with Crippen LogP contribution in [0.2, 0.25) is 10.0 Å². The second kappa shape index (κ2) is 3.76. The fraction of sp³-hybridized carbons (Fsp3) is 0.300. The van der Waals surface area contributed by atoms with Crippen LogP contribution in [0.4, 0.5) is 0 Å². The lowest BCUT2D eigenvalue weighted by molar-refractivity contribution is 0.0978. The summed E-state index contributed by atoms with van der Waals surface area (Å²) in [6.07, 6.45) is 0.539. The van der Waals surface area contributed by atoms with E-state index >= 15 is 0 Å². The van der Waals surface area contributed by atoms with Gasteiger partial charge in [0.25, 0.3) is 0 Å². The molecule has 0 aromatic heterocycles. The normalized spacial score (nSPS) is 20.8. The molecule has 74 valence electrons. The summed E-state index contributed by atoms with van der Waals surface area (Å²) in [4.78, 5) is 12.5.